The zero-order valence-corrected chi connectivity index (χ0v) is 47.6. The molecule has 0 spiro atoms. The van der Waals surface area contributed by atoms with Crippen molar-refractivity contribution in [2.45, 2.75) is 219 Å². The minimum Gasteiger partial charge on any atom is -0.460 e. The first-order valence-corrected chi connectivity index (χ1v) is 29.8. The van der Waals surface area contributed by atoms with Crippen molar-refractivity contribution < 1.29 is 62.3 Å². The number of amides is 1. The molecule has 0 radical (unpaired) electrons. The molecule has 14 nitrogen and oxygen atoms in total. The van der Waals surface area contributed by atoms with Gasteiger partial charge in [0.15, 0.2) is 19.9 Å². The average molecular weight is 1030 g/mol. The van der Waals surface area contributed by atoms with Gasteiger partial charge in [0, 0.05) is 58.5 Å². The highest BCUT2D eigenvalue weighted by molar-refractivity contribution is 6.74. The molecule has 15 atom stereocenters. The number of aliphatic hydroxyl groups excluding tert-OH is 1. The number of nitrogens with zero attached hydrogens (tertiary/aromatic N) is 1. The van der Waals surface area contributed by atoms with Crippen LogP contribution in [-0.4, -0.2) is 135 Å². The van der Waals surface area contributed by atoms with Gasteiger partial charge in [0.1, 0.15) is 18.2 Å². The van der Waals surface area contributed by atoms with E-state index in [2.05, 4.69) is 33.9 Å². The predicted octanol–water partition coefficient (Wildman–Crippen LogP) is 9.21. The van der Waals surface area contributed by atoms with Gasteiger partial charge >= 0.3 is 5.97 Å². The average Bonchev–Trinajstić information content (AvgIpc) is 3.32. The Morgan fingerprint density at radius 2 is 1.56 bits per heavy atom. The molecular formula is C57H93NO13Si. The van der Waals surface area contributed by atoms with Crippen molar-refractivity contribution in [3.8, 4) is 0 Å². The molecule has 15 heteroatoms. The molecule has 3 aliphatic heterocycles. The number of allylic oxidation sites excluding steroid dienone is 6. The van der Waals surface area contributed by atoms with Crippen LogP contribution >= 0.6 is 0 Å². The van der Waals surface area contributed by atoms with Crippen molar-refractivity contribution in [1.29, 1.82) is 0 Å². The standard InChI is InChI=1S/C57H93NO13Si/c1-35-21-17-16-18-22-36(2)47(66-11)33-43-26-24-41(7)57(65,70-43)53(62)54(63)58-28-20-19-23-44(58)55(64)69-48(34-45(59)37(3)30-40(6)51(61)52(68-13)50(60)39(5)29-35)38(4)31-42-25-27-46(49(32-42)67-12)71-72(14,15)56(8,9)10/h16-18,21-22,30,35,38-44,46-49,51-52,61,65H,19-20,23-29,31-34H2,1-15H3/b18-16?,21-17?,36-22?,37-30+/t35-,38-,39-,40?,41-,42+,43?,44?,46-,47+,48+,49-,51-,52+,57-/m1/s1. The minimum absolute atomic E-state index is 0.0236. The van der Waals surface area contributed by atoms with Gasteiger partial charge in [-0.25, -0.2) is 4.79 Å². The molecule has 1 amide bonds. The summed E-state index contributed by atoms with van der Waals surface area (Å²) in [6.45, 7) is 24.1. The van der Waals surface area contributed by atoms with Crippen LogP contribution in [0.2, 0.25) is 18.1 Å². The first-order valence-electron chi connectivity index (χ1n) is 26.9. The highest BCUT2D eigenvalue weighted by atomic mass is 28.4. The maximum Gasteiger partial charge on any atom is 0.329 e. The zero-order valence-electron chi connectivity index (χ0n) is 46.6. The van der Waals surface area contributed by atoms with Crippen LogP contribution < -0.4 is 0 Å². The third-order valence-electron chi connectivity index (χ3n) is 16.7. The Bertz CT molecular complexity index is 1970. The number of Topliss-reactive ketones (excluding diaryl/α,β-unsaturated/α-hetero) is 3. The van der Waals surface area contributed by atoms with E-state index in [0.717, 1.165) is 24.8 Å². The van der Waals surface area contributed by atoms with Gasteiger partial charge in [-0.1, -0.05) is 91.8 Å². The van der Waals surface area contributed by atoms with Crippen molar-refractivity contribution >= 4 is 37.5 Å². The van der Waals surface area contributed by atoms with E-state index in [9.17, 15) is 34.2 Å². The highest BCUT2D eigenvalue weighted by Crippen LogP contribution is 2.42. The van der Waals surface area contributed by atoms with E-state index in [1.165, 1.54) is 12.0 Å². The van der Waals surface area contributed by atoms with Crippen LogP contribution in [0.4, 0.5) is 0 Å². The summed E-state index contributed by atoms with van der Waals surface area (Å²) in [5.74, 6) is -7.75. The van der Waals surface area contributed by atoms with Crippen molar-refractivity contribution in [1.82, 2.24) is 4.90 Å². The Hall–Kier alpha value is -3.15. The quantitative estimate of drug-likeness (QED) is 0.133. The molecule has 0 aromatic rings. The van der Waals surface area contributed by atoms with E-state index in [0.29, 0.717) is 50.5 Å². The fraction of sp³-hybridized carbons (Fsp3) is 0.772. The van der Waals surface area contributed by atoms with Gasteiger partial charge in [0.2, 0.25) is 5.79 Å². The van der Waals surface area contributed by atoms with Crippen molar-refractivity contribution in [3.63, 3.8) is 0 Å². The second kappa shape index (κ2) is 27.1. The first kappa shape index (κ1) is 61.4. The maximum absolute atomic E-state index is 14.6. The van der Waals surface area contributed by atoms with Gasteiger partial charge < -0.3 is 43.2 Å². The van der Waals surface area contributed by atoms with Gasteiger partial charge in [-0.3, -0.25) is 19.2 Å². The van der Waals surface area contributed by atoms with E-state index in [1.807, 2.05) is 58.1 Å². The second-order valence-corrected chi connectivity index (χ2v) is 28.2. The lowest BCUT2D eigenvalue weighted by Gasteiger charge is -2.44. The Kier molecular flexibility index (Phi) is 23.1. The molecule has 0 aromatic heterocycles. The van der Waals surface area contributed by atoms with Crippen LogP contribution in [0.15, 0.2) is 47.6 Å². The molecule has 2 N–H and O–H groups in total. The third kappa shape index (κ3) is 15.9. The fourth-order valence-corrected chi connectivity index (χ4v) is 12.2. The van der Waals surface area contributed by atoms with Crippen LogP contribution in [0.25, 0.3) is 0 Å². The van der Waals surface area contributed by atoms with Gasteiger partial charge in [0.05, 0.1) is 30.5 Å². The van der Waals surface area contributed by atoms with Crippen LogP contribution in [0, 0.1) is 35.5 Å². The summed E-state index contributed by atoms with van der Waals surface area (Å²) in [5, 5.41) is 23.6. The third-order valence-corrected chi connectivity index (χ3v) is 21.2. The number of piperidine rings is 1. The molecule has 0 aromatic carbocycles. The number of ketones is 3. The largest absolute Gasteiger partial charge is 0.460 e. The molecule has 4 aliphatic rings. The number of rotatable bonds is 8. The van der Waals surface area contributed by atoms with E-state index < -0.39 is 86.1 Å². The molecule has 3 fully saturated rings. The lowest BCUT2D eigenvalue weighted by Crippen LogP contribution is -2.61. The number of hydrogen-bond acceptors (Lipinski definition) is 13. The number of carbonyl (C=O) groups excluding carboxylic acids is 5. The van der Waals surface area contributed by atoms with Crippen LogP contribution in [-0.2, 0) is 52.1 Å². The molecular weight excluding hydrogens is 935 g/mol. The number of carbonyl (C=O) groups is 5. The first-order chi connectivity index (χ1) is 33.7. The summed E-state index contributed by atoms with van der Waals surface area (Å²) in [7, 11) is 2.62. The summed E-state index contributed by atoms with van der Waals surface area (Å²) in [4.78, 5) is 72.6. The van der Waals surface area contributed by atoms with E-state index in [1.54, 1.807) is 41.1 Å². The second-order valence-electron chi connectivity index (χ2n) is 23.5. The Morgan fingerprint density at radius 3 is 2.19 bits per heavy atom. The molecule has 2 bridgehead atoms. The number of methoxy groups -OCH3 is 3. The smallest absolute Gasteiger partial charge is 0.329 e. The van der Waals surface area contributed by atoms with Crippen molar-refractivity contribution in [2.24, 2.45) is 35.5 Å². The Labute approximate surface area is 433 Å². The summed E-state index contributed by atoms with van der Waals surface area (Å²) >= 11 is 0. The summed E-state index contributed by atoms with van der Waals surface area (Å²) in [6, 6.07) is -1.13. The Morgan fingerprint density at radius 1 is 0.861 bits per heavy atom. The Balaban J connectivity index is 1.70. The molecule has 72 heavy (non-hydrogen) atoms. The highest BCUT2D eigenvalue weighted by Gasteiger charge is 2.53. The van der Waals surface area contributed by atoms with Gasteiger partial charge in [-0.05, 0) is 125 Å². The summed E-state index contributed by atoms with van der Waals surface area (Å²) < 4.78 is 37.0. The summed E-state index contributed by atoms with van der Waals surface area (Å²) in [5.41, 5.74) is 1.22. The topological polar surface area (TPSA) is 184 Å². The van der Waals surface area contributed by atoms with Gasteiger partial charge in [-0.15, -0.1) is 0 Å². The zero-order chi connectivity index (χ0) is 53.9. The van der Waals surface area contributed by atoms with E-state index in [4.69, 9.17) is 28.1 Å². The summed E-state index contributed by atoms with van der Waals surface area (Å²) in [6.07, 6.45) is 12.7. The van der Waals surface area contributed by atoms with Gasteiger partial charge in [0.25, 0.3) is 11.7 Å². The van der Waals surface area contributed by atoms with Crippen LogP contribution in [0.1, 0.15) is 146 Å². The lowest BCUT2D eigenvalue weighted by atomic mass is 9.78. The minimum atomic E-state index is -2.43. The molecule has 408 valence electrons. The molecule has 3 heterocycles. The van der Waals surface area contributed by atoms with Crippen molar-refractivity contribution in [3.05, 3.63) is 47.6 Å². The van der Waals surface area contributed by atoms with E-state index >= 15 is 0 Å². The predicted molar refractivity (Wildman–Crippen MR) is 281 cm³/mol. The van der Waals surface area contributed by atoms with E-state index in [-0.39, 0.29) is 66.0 Å². The molecule has 1 aliphatic carbocycles. The monoisotopic (exact) mass is 1030 g/mol. The normalized spacial score (nSPS) is 36.5. The molecule has 1 saturated carbocycles. The lowest BCUT2D eigenvalue weighted by molar-refractivity contribution is -0.265. The molecule has 4 rings (SSSR count). The molecule has 3 unspecified atom stereocenters. The van der Waals surface area contributed by atoms with Gasteiger partial charge in [-0.2, -0.15) is 0 Å². The maximum atomic E-state index is 14.6. The number of hydrogen-bond donors (Lipinski definition) is 2. The number of aliphatic hydroxyl groups is 2. The number of ether oxygens (including phenoxy) is 5. The van der Waals surface area contributed by atoms with Crippen LogP contribution in [0.5, 0.6) is 0 Å². The fourth-order valence-electron chi connectivity index (χ4n) is 10.8. The SMILES string of the molecule is CO[C@H]1CC2CC[C@@H](C)[C@@](O)(O2)C(=O)C(=O)N2CCCCC2C(=O)O[C@H]([C@H](C)C[C@@H]2CC[C@@H](O[Si](C)(C)C(C)(C)C)[C@H](OC)C2)CC(=O)/C(C)=C/C(C)[C@@H](O)[C@@H](OC)C(=O)[C@H](C)C[C@H](C)C=CC=CC=C1C. The number of esters is 1. The number of fused-ring (bicyclic) bond motifs is 3. The van der Waals surface area contributed by atoms with Crippen LogP contribution in [0.3, 0.4) is 0 Å². The number of cyclic esters (lactones) is 1. The molecule has 2 saturated heterocycles. The van der Waals surface area contributed by atoms with Crippen molar-refractivity contribution in [2.75, 3.05) is 27.9 Å².